The Balaban J connectivity index is 2.18. The second kappa shape index (κ2) is 7.09. The average Bonchev–Trinajstić information content (AvgIpc) is 3.02. The zero-order valence-corrected chi connectivity index (χ0v) is 13.2. The SMILES string of the molecule is COc1ccc(C)cc1-n1ccc(C(=O)NCC(C)CN)n1. The van der Waals surface area contributed by atoms with Crippen molar-refractivity contribution >= 4 is 5.91 Å². The highest BCUT2D eigenvalue weighted by molar-refractivity contribution is 5.92. The number of carbonyl (C=O) groups is 1. The molecule has 0 aliphatic heterocycles. The number of aryl methyl sites for hydroxylation is 1. The Labute approximate surface area is 130 Å². The second-order valence-corrected chi connectivity index (χ2v) is 5.37. The molecule has 1 unspecified atom stereocenters. The minimum atomic E-state index is -0.203. The van der Waals surface area contributed by atoms with Crippen LogP contribution >= 0.6 is 0 Å². The Morgan fingerprint density at radius 2 is 2.23 bits per heavy atom. The Morgan fingerprint density at radius 1 is 1.45 bits per heavy atom. The molecule has 0 radical (unpaired) electrons. The van der Waals surface area contributed by atoms with E-state index < -0.39 is 0 Å². The molecule has 1 amide bonds. The lowest BCUT2D eigenvalue weighted by Gasteiger charge is -2.10. The maximum absolute atomic E-state index is 12.1. The summed E-state index contributed by atoms with van der Waals surface area (Å²) in [6.07, 6.45) is 1.75. The third kappa shape index (κ3) is 3.65. The molecule has 22 heavy (non-hydrogen) atoms. The van der Waals surface area contributed by atoms with Crippen LogP contribution in [-0.2, 0) is 0 Å². The molecule has 1 aromatic heterocycles. The molecule has 1 atom stereocenters. The summed E-state index contributed by atoms with van der Waals surface area (Å²) >= 11 is 0. The normalized spacial score (nSPS) is 12.0. The maximum Gasteiger partial charge on any atom is 0.271 e. The number of hydrogen-bond acceptors (Lipinski definition) is 4. The van der Waals surface area contributed by atoms with Crippen LogP contribution in [0.3, 0.4) is 0 Å². The number of hydrogen-bond donors (Lipinski definition) is 2. The first-order valence-electron chi connectivity index (χ1n) is 7.24. The lowest BCUT2D eigenvalue weighted by molar-refractivity contribution is 0.0943. The Bertz CT molecular complexity index is 651. The Morgan fingerprint density at radius 3 is 2.91 bits per heavy atom. The maximum atomic E-state index is 12.1. The van der Waals surface area contributed by atoms with Gasteiger partial charge in [0.25, 0.3) is 5.91 Å². The number of methoxy groups -OCH3 is 1. The first-order chi connectivity index (χ1) is 10.5. The summed E-state index contributed by atoms with van der Waals surface area (Å²) in [6, 6.07) is 7.50. The number of carbonyl (C=O) groups excluding carboxylic acids is 1. The predicted molar refractivity (Wildman–Crippen MR) is 85.4 cm³/mol. The van der Waals surface area contributed by atoms with E-state index in [1.807, 2.05) is 32.0 Å². The van der Waals surface area contributed by atoms with Crippen molar-refractivity contribution in [3.63, 3.8) is 0 Å². The minimum absolute atomic E-state index is 0.203. The van der Waals surface area contributed by atoms with Crippen LogP contribution in [0.2, 0.25) is 0 Å². The molecule has 1 aromatic carbocycles. The van der Waals surface area contributed by atoms with Crippen molar-refractivity contribution < 1.29 is 9.53 Å². The largest absolute Gasteiger partial charge is 0.494 e. The van der Waals surface area contributed by atoms with Crippen LogP contribution in [0.5, 0.6) is 5.75 Å². The number of ether oxygens (including phenoxy) is 1. The van der Waals surface area contributed by atoms with Gasteiger partial charge in [-0.05, 0) is 43.1 Å². The lowest BCUT2D eigenvalue weighted by Crippen LogP contribution is -2.31. The Hall–Kier alpha value is -2.34. The molecule has 6 nitrogen and oxygen atoms in total. The minimum Gasteiger partial charge on any atom is -0.494 e. The van der Waals surface area contributed by atoms with E-state index in [0.717, 1.165) is 11.3 Å². The van der Waals surface area contributed by atoms with Crippen molar-refractivity contribution in [2.75, 3.05) is 20.2 Å². The predicted octanol–water partition coefficient (Wildman–Crippen LogP) is 1.51. The summed E-state index contributed by atoms with van der Waals surface area (Å²) in [6.45, 7) is 5.05. The Kier molecular flexibility index (Phi) is 5.16. The molecule has 0 saturated heterocycles. The van der Waals surface area contributed by atoms with E-state index in [4.69, 9.17) is 10.5 Å². The van der Waals surface area contributed by atoms with Crippen LogP contribution in [0.4, 0.5) is 0 Å². The molecule has 0 aliphatic rings. The quantitative estimate of drug-likeness (QED) is 0.847. The smallest absolute Gasteiger partial charge is 0.271 e. The summed E-state index contributed by atoms with van der Waals surface area (Å²) in [4.78, 5) is 12.1. The van der Waals surface area contributed by atoms with Gasteiger partial charge in [0.2, 0.25) is 0 Å². The molecule has 0 fully saturated rings. The van der Waals surface area contributed by atoms with E-state index >= 15 is 0 Å². The van der Waals surface area contributed by atoms with Gasteiger partial charge in [-0.2, -0.15) is 5.10 Å². The molecule has 0 bridgehead atoms. The van der Waals surface area contributed by atoms with Gasteiger partial charge in [-0.1, -0.05) is 13.0 Å². The third-order valence-electron chi connectivity index (χ3n) is 3.42. The standard InChI is InChI=1S/C16H22N4O2/c1-11-4-5-15(22-3)14(8-11)20-7-6-13(19-20)16(21)18-10-12(2)9-17/h4-8,12H,9-10,17H2,1-3H3,(H,18,21). The summed E-state index contributed by atoms with van der Waals surface area (Å²) in [5, 5.41) is 7.16. The van der Waals surface area contributed by atoms with Gasteiger partial charge in [0, 0.05) is 12.7 Å². The molecule has 1 heterocycles. The van der Waals surface area contributed by atoms with E-state index in [1.165, 1.54) is 0 Å². The molecule has 118 valence electrons. The first-order valence-corrected chi connectivity index (χ1v) is 7.24. The van der Waals surface area contributed by atoms with Gasteiger partial charge in [0.05, 0.1) is 7.11 Å². The van der Waals surface area contributed by atoms with Crippen LogP contribution in [0, 0.1) is 12.8 Å². The van der Waals surface area contributed by atoms with Gasteiger partial charge in [-0.15, -0.1) is 0 Å². The fourth-order valence-electron chi connectivity index (χ4n) is 2.00. The van der Waals surface area contributed by atoms with Gasteiger partial charge in [0.1, 0.15) is 11.4 Å². The molecule has 6 heteroatoms. The number of rotatable bonds is 6. The highest BCUT2D eigenvalue weighted by atomic mass is 16.5. The molecule has 2 rings (SSSR count). The zero-order chi connectivity index (χ0) is 16.1. The van der Waals surface area contributed by atoms with Crippen LogP contribution < -0.4 is 15.8 Å². The molecule has 0 saturated carbocycles. The molecule has 0 aliphatic carbocycles. The number of nitrogens with zero attached hydrogens (tertiary/aromatic N) is 2. The van der Waals surface area contributed by atoms with Gasteiger partial charge in [-0.3, -0.25) is 4.79 Å². The van der Waals surface area contributed by atoms with Crippen molar-refractivity contribution in [2.45, 2.75) is 13.8 Å². The lowest BCUT2D eigenvalue weighted by atomic mass is 10.2. The van der Waals surface area contributed by atoms with Crippen molar-refractivity contribution in [1.29, 1.82) is 0 Å². The van der Waals surface area contributed by atoms with Gasteiger partial charge < -0.3 is 15.8 Å². The zero-order valence-electron chi connectivity index (χ0n) is 13.2. The molecule has 0 spiro atoms. The average molecular weight is 302 g/mol. The molecular weight excluding hydrogens is 280 g/mol. The first kappa shape index (κ1) is 16.0. The molecule has 3 N–H and O–H groups in total. The monoisotopic (exact) mass is 302 g/mol. The van der Waals surface area contributed by atoms with Crippen LogP contribution in [0.15, 0.2) is 30.5 Å². The van der Waals surface area contributed by atoms with Crippen molar-refractivity contribution in [3.05, 3.63) is 41.7 Å². The highest BCUT2D eigenvalue weighted by Crippen LogP contribution is 2.23. The van der Waals surface area contributed by atoms with E-state index in [0.29, 0.717) is 24.5 Å². The second-order valence-electron chi connectivity index (χ2n) is 5.37. The van der Waals surface area contributed by atoms with Gasteiger partial charge in [0.15, 0.2) is 5.69 Å². The number of benzene rings is 1. The molecular formula is C16H22N4O2. The topological polar surface area (TPSA) is 82.2 Å². The van der Waals surface area contributed by atoms with Crippen LogP contribution in [0.1, 0.15) is 23.0 Å². The summed E-state index contributed by atoms with van der Waals surface area (Å²) in [5.74, 6) is 0.742. The van der Waals surface area contributed by atoms with Crippen molar-refractivity contribution in [1.82, 2.24) is 15.1 Å². The van der Waals surface area contributed by atoms with E-state index in [-0.39, 0.29) is 11.8 Å². The summed E-state index contributed by atoms with van der Waals surface area (Å²) in [5.41, 5.74) is 7.80. The van der Waals surface area contributed by atoms with E-state index in [1.54, 1.807) is 24.1 Å². The number of nitrogens with two attached hydrogens (primary N) is 1. The third-order valence-corrected chi connectivity index (χ3v) is 3.42. The number of amides is 1. The summed E-state index contributed by atoms with van der Waals surface area (Å²) in [7, 11) is 1.61. The van der Waals surface area contributed by atoms with Gasteiger partial charge >= 0.3 is 0 Å². The fraction of sp³-hybridized carbons (Fsp3) is 0.375. The number of aromatic nitrogens is 2. The van der Waals surface area contributed by atoms with Crippen LogP contribution in [0.25, 0.3) is 5.69 Å². The summed E-state index contributed by atoms with van der Waals surface area (Å²) < 4.78 is 6.99. The van der Waals surface area contributed by atoms with E-state index in [2.05, 4.69) is 10.4 Å². The fourth-order valence-corrected chi connectivity index (χ4v) is 2.00. The van der Waals surface area contributed by atoms with Crippen molar-refractivity contribution in [3.8, 4) is 11.4 Å². The van der Waals surface area contributed by atoms with Crippen LogP contribution in [-0.4, -0.2) is 35.9 Å². The van der Waals surface area contributed by atoms with Crippen molar-refractivity contribution in [2.24, 2.45) is 11.7 Å². The molecule has 2 aromatic rings. The van der Waals surface area contributed by atoms with E-state index in [9.17, 15) is 4.79 Å². The highest BCUT2D eigenvalue weighted by Gasteiger charge is 2.13. The number of nitrogens with one attached hydrogen (secondary N) is 1. The van der Waals surface area contributed by atoms with Gasteiger partial charge in [-0.25, -0.2) is 4.68 Å².